The van der Waals surface area contributed by atoms with E-state index >= 15 is 0 Å². The molecule has 178 valence electrons. The molecule has 2 aromatic carbocycles. The van der Waals surface area contributed by atoms with Gasteiger partial charge in [-0.3, -0.25) is 14.9 Å². The molecule has 3 rings (SSSR count). The van der Waals surface area contributed by atoms with Crippen LogP contribution in [0, 0.1) is 12.8 Å². The number of nitrogens with one attached hydrogen (secondary N) is 2. The van der Waals surface area contributed by atoms with Crippen LogP contribution in [0.3, 0.4) is 0 Å². The number of hydrogen-bond acceptors (Lipinski definition) is 8. The minimum atomic E-state index is -0.721. The summed E-state index contributed by atoms with van der Waals surface area (Å²) < 4.78 is 5.39. The SMILES string of the molecule is COC(=O)c1ccc(CSc2nnc(NC(=O)[C@@H](NC(=O)c3cccc(C)c3)C(C)C)s2)cc1. The second-order valence-corrected chi connectivity index (χ2v) is 10.1. The van der Waals surface area contributed by atoms with E-state index in [1.807, 2.05) is 45.0 Å². The van der Waals surface area contributed by atoms with E-state index in [1.54, 1.807) is 24.3 Å². The summed E-state index contributed by atoms with van der Waals surface area (Å²) >= 11 is 2.73. The van der Waals surface area contributed by atoms with E-state index in [1.165, 1.54) is 30.2 Å². The van der Waals surface area contributed by atoms with Crippen LogP contribution in [-0.2, 0) is 15.3 Å². The summed E-state index contributed by atoms with van der Waals surface area (Å²) in [4.78, 5) is 37.0. The molecule has 0 saturated heterocycles. The van der Waals surface area contributed by atoms with Crippen LogP contribution in [0.5, 0.6) is 0 Å². The molecule has 0 aliphatic heterocycles. The molecule has 0 aliphatic carbocycles. The fourth-order valence-electron chi connectivity index (χ4n) is 3.05. The number of anilines is 1. The van der Waals surface area contributed by atoms with Crippen molar-refractivity contribution in [3.05, 3.63) is 70.8 Å². The van der Waals surface area contributed by atoms with Gasteiger partial charge in [-0.2, -0.15) is 0 Å². The molecule has 0 bridgehead atoms. The Morgan fingerprint density at radius 2 is 1.79 bits per heavy atom. The van der Waals surface area contributed by atoms with Crippen molar-refractivity contribution in [2.45, 2.75) is 36.9 Å². The van der Waals surface area contributed by atoms with Crippen LogP contribution in [0.25, 0.3) is 0 Å². The van der Waals surface area contributed by atoms with Crippen molar-refractivity contribution in [1.29, 1.82) is 0 Å². The Morgan fingerprint density at radius 1 is 1.06 bits per heavy atom. The fraction of sp³-hybridized carbons (Fsp3) is 0.292. The number of hydrogen-bond donors (Lipinski definition) is 2. The second-order valence-electron chi connectivity index (χ2n) is 7.90. The zero-order valence-electron chi connectivity index (χ0n) is 19.3. The van der Waals surface area contributed by atoms with Gasteiger partial charge in [-0.1, -0.05) is 66.8 Å². The third-order valence-corrected chi connectivity index (χ3v) is 6.93. The maximum Gasteiger partial charge on any atom is 0.337 e. The zero-order chi connectivity index (χ0) is 24.7. The Balaban J connectivity index is 1.57. The Kier molecular flexibility index (Phi) is 8.78. The van der Waals surface area contributed by atoms with Gasteiger partial charge in [0, 0.05) is 11.3 Å². The lowest BCUT2D eigenvalue weighted by Gasteiger charge is -2.21. The van der Waals surface area contributed by atoms with Crippen LogP contribution in [0.1, 0.15) is 45.7 Å². The van der Waals surface area contributed by atoms with Crippen LogP contribution in [0.15, 0.2) is 52.9 Å². The summed E-state index contributed by atoms with van der Waals surface area (Å²) in [5.74, 6) is -0.515. The average Bonchev–Trinajstić information content (AvgIpc) is 3.27. The van der Waals surface area contributed by atoms with E-state index in [0.29, 0.717) is 26.4 Å². The predicted octanol–water partition coefficient (Wildman–Crippen LogP) is 4.32. The van der Waals surface area contributed by atoms with Crippen molar-refractivity contribution in [3.8, 4) is 0 Å². The quantitative estimate of drug-likeness (QED) is 0.257. The fourth-order valence-corrected chi connectivity index (χ4v) is 4.76. The van der Waals surface area contributed by atoms with Crippen molar-refractivity contribution < 1.29 is 19.1 Å². The lowest BCUT2D eigenvalue weighted by molar-refractivity contribution is -0.118. The molecule has 0 aliphatic rings. The molecule has 8 nitrogen and oxygen atoms in total. The molecule has 2 amide bonds. The molecule has 1 aromatic heterocycles. The number of benzene rings is 2. The first-order chi connectivity index (χ1) is 16.3. The van der Waals surface area contributed by atoms with Gasteiger partial charge in [0.1, 0.15) is 6.04 Å². The third-order valence-electron chi connectivity index (χ3n) is 4.89. The lowest BCUT2D eigenvalue weighted by atomic mass is 10.0. The van der Waals surface area contributed by atoms with E-state index in [0.717, 1.165) is 11.1 Å². The number of esters is 1. The van der Waals surface area contributed by atoms with E-state index < -0.39 is 6.04 Å². The molecule has 2 N–H and O–H groups in total. The maximum absolute atomic E-state index is 12.9. The minimum Gasteiger partial charge on any atom is -0.465 e. The van der Waals surface area contributed by atoms with E-state index in [4.69, 9.17) is 4.74 Å². The van der Waals surface area contributed by atoms with Crippen LogP contribution in [-0.4, -0.2) is 41.1 Å². The number of aryl methyl sites for hydroxylation is 1. The average molecular weight is 499 g/mol. The summed E-state index contributed by atoms with van der Waals surface area (Å²) in [7, 11) is 1.35. The van der Waals surface area contributed by atoms with E-state index in [2.05, 4.69) is 20.8 Å². The molecule has 1 heterocycles. The Labute approximate surface area is 206 Å². The first kappa shape index (κ1) is 25.4. The number of thioether (sulfide) groups is 1. The largest absolute Gasteiger partial charge is 0.465 e. The number of rotatable bonds is 9. The van der Waals surface area contributed by atoms with Crippen molar-refractivity contribution >= 4 is 46.0 Å². The summed E-state index contributed by atoms with van der Waals surface area (Å²) in [5, 5.41) is 14.1. The first-order valence-electron chi connectivity index (χ1n) is 10.6. The number of aromatic nitrogens is 2. The van der Waals surface area contributed by atoms with Crippen molar-refractivity contribution in [2.75, 3.05) is 12.4 Å². The lowest BCUT2D eigenvalue weighted by Crippen LogP contribution is -2.47. The highest BCUT2D eigenvalue weighted by molar-refractivity contribution is 8.00. The monoisotopic (exact) mass is 498 g/mol. The maximum atomic E-state index is 12.9. The van der Waals surface area contributed by atoms with Gasteiger partial charge in [0.2, 0.25) is 11.0 Å². The molecule has 3 aromatic rings. The van der Waals surface area contributed by atoms with Crippen LogP contribution < -0.4 is 10.6 Å². The molecule has 0 radical (unpaired) electrons. The summed E-state index contributed by atoms with van der Waals surface area (Å²) in [6.45, 7) is 5.65. The highest BCUT2D eigenvalue weighted by atomic mass is 32.2. The number of amides is 2. The Morgan fingerprint density at radius 3 is 2.44 bits per heavy atom. The second kappa shape index (κ2) is 11.8. The summed E-state index contributed by atoms with van der Waals surface area (Å²) in [5.41, 5.74) is 2.98. The van der Waals surface area contributed by atoms with Gasteiger partial charge in [-0.15, -0.1) is 10.2 Å². The highest BCUT2D eigenvalue weighted by Crippen LogP contribution is 2.28. The third kappa shape index (κ3) is 6.88. The van der Waals surface area contributed by atoms with Gasteiger partial charge < -0.3 is 10.1 Å². The van der Waals surface area contributed by atoms with Crippen molar-refractivity contribution in [1.82, 2.24) is 15.5 Å². The van der Waals surface area contributed by atoms with Crippen molar-refractivity contribution in [3.63, 3.8) is 0 Å². The smallest absolute Gasteiger partial charge is 0.337 e. The number of nitrogens with zero attached hydrogens (tertiary/aromatic N) is 2. The van der Waals surface area contributed by atoms with Crippen LogP contribution in [0.2, 0.25) is 0 Å². The predicted molar refractivity (Wildman–Crippen MR) is 133 cm³/mol. The summed E-state index contributed by atoms with van der Waals surface area (Å²) in [6, 6.07) is 13.6. The molecule has 0 fully saturated rings. The molecular weight excluding hydrogens is 472 g/mol. The molecule has 0 spiro atoms. The summed E-state index contributed by atoms with van der Waals surface area (Å²) in [6.07, 6.45) is 0. The van der Waals surface area contributed by atoms with Crippen LogP contribution >= 0.6 is 23.1 Å². The number of carbonyl (C=O) groups is 3. The molecular formula is C24H26N4O4S2. The van der Waals surface area contributed by atoms with Crippen molar-refractivity contribution in [2.24, 2.45) is 5.92 Å². The highest BCUT2D eigenvalue weighted by Gasteiger charge is 2.26. The van der Waals surface area contributed by atoms with Gasteiger partial charge in [-0.05, 0) is 42.7 Å². The Hall–Kier alpha value is -3.24. The standard InChI is InChI=1S/C24H26N4O4S2/c1-14(2)19(25-20(29)18-7-5-6-15(3)12-18)21(30)26-23-27-28-24(34-23)33-13-16-8-10-17(11-9-16)22(31)32-4/h5-12,14,19H,13H2,1-4H3,(H,25,29)(H,26,27,30)/t19-/m0/s1. The van der Waals surface area contributed by atoms with Gasteiger partial charge in [-0.25, -0.2) is 4.79 Å². The van der Waals surface area contributed by atoms with E-state index in [9.17, 15) is 14.4 Å². The number of ether oxygens (including phenoxy) is 1. The molecule has 1 atom stereocenters. The topological polar surface area (TPSA) is 110 Å². The van der Waals surface area contributed by atoms with Gasteiger partial charge in [0.05, 0.1) is 12.7 Å². The van der Waals surface area contributed by atoms with Crippen LogP contribution in [0.4, 0.5) is 5.13 Å². The van der Waals surface area contributed by atoms with E-state index in [-0.39, 0.29) is 23.7 Å². The molecule has 34 heavy (non-hydrogen) atoms. The molecule has 10 heteroatoms. The number of carbonyl (C=O) groups excluding carboxylic acids is 3. The Bertz CT molecular complexity index is 1160. The van der Waals surface area contributed by atoms with Gasteiger partial charge in [0.15, 0.2) is 4.34 Å². The molecule has 0 unspecified atom stereocenters. The van der Waals surface area contributed by atoms with Gasteiger partial charge in [0.25, 0.3) is 5.91 Å². The van der Waals surface area contributed by atoms with Gasteiger partial charge >= 0.3 is 5.97 Å². The minimum absolute atomic E-state index is 0.122. The normalized spacial score (nSPS) is 11.7. The number of methoxy groups -OCH3 is 1. The molecule has 0 saturated carbocycles. The first-order valence-corrected chi connectivity index (χ1v) is 12.4. The zero-order valence-corrected chi connectivity index (χ0v) is 21.0.